The zero-order valence-corrected chi connectivity index (χ0v) is 15.0. The lowest BCUT2D eigenvalue weighted by atomic mass is 9.88. The molecule has 1 aliphatic heterocycles. The van der Waals surface area contributed by atoms with Crippen LogP contribution in [0.3, 0.4) is 0 Å². The maximum Gasteiger partial charge on any atom is 0.223 e. The molecule has 2 heterocycles. The van der Waals surface area contributed by atoms with Crippen molar-refractivity contribution >= 4 is 5.95 Å². The van der Waals surface area contributed by atoms with Crippen molar-refractivity contribution in [2.24, 2.45) is 5.73 Å². The minimum atomic E-state index is 0.0312. The number of piperidine rings is 1. The van der Waals surface area contributed by atoms with Crippen molar-refractivity contribution in [1.29, 1.82) is 0 Å². The lowest BCUT2D eigenvalue weighted by Gasteiger charge is -2.38. The van der Waals surface area contributed by atoms with Crippen molar-refractivity contribution in [3.8, 4) is 11.3 Å². The Kier molecular flexibility index (Phi) is 5.04. The second-order valence-corrected chi connectivity index (χ2v) is 7.36. The summed E-state index contributed by atoms with van der Waals surface area (Å²) in [5, 5.41) is 6.91. The summed E-state index contributed by atoms with van der Waals surface area (Å²) in [5.41, 5.74) is 9.94. The third kappa shape index (κ3) is 4.57. The Labute approximate surface area is 149 Å². The van der Waals surface area contributed by atoms with Crippen molar-refractivity contribution in [3.05, 3.63) is 54.4 Å². The van der Waals surface area contributed by atoms with E-state index in [0.29, 0.717) is 12.5 Å². The number of anilines is 1. The topological polar surface area (TPSA) is 75.9 Å². The highest BCUT2D eigenvalue weighted by Crippen LogP contribution is 2.26. The predicted molar refractivity (Wildman–Crippen MR) is 103 cm³/mol. The highest BCUT2D eigenvalue weighted by molar-refractivity contribution is 5.60. The molecule has 2 aromatic rings. The van der Waals surface area contributed by atoms with E-state index in [1.165, 1.54) is 5.56 Å². The van der Waals surface area contributed by atoms with Gasteiger partial charge < -0.3 is 16.4 Å². The minimum absolute atomic E-state index is 0.0312. The molecule has 1 aromatic heterocycles. The molecular formula is C20H27N5. The summed E-state index contributed by atoms with van der Waals surface area (Å²) in [5.74, 6) is 0.666. The van der Waals surface area contributed by atoms with E-state index < -0.39 is 0 Å². The number of nitrogens with two attached hydrogens (primary N) is 1. The summed E-state index contributed by atoms with van der Waals surface area (Å²) in [6.07, 6.45) is 4.57. The van der Waals surface area contributed by atoms with E-state index in [1.807, 2.05) is 6.07 Å². The van der Waals surface area contributed by atoms with Gasteiger partial charge in [0, 0.05) is 35.5 Å². The van der Waals surface area contributed by atoms with Crippen LogP contribution in [0.2, 0.25) is 0 Å². The molecule has 132 valence electrons. The van der Waals surface area contributed by atoms with Gasteiger partial charge in [0.2, 0.25) is 5.95 Å². The van der Waals surface area contributed by atoms with Gasteiger partial charge in [0.05, 0.1) is 5.69 Å². The van der Waals surface area contributed by atoms with Crippen molar-refractivity contribution in [1.82, 2.24) is 15.3 Å². The van der Waals surface area contributed by atoms with Gasteiger partial charge >= 0.3 is 0 Å². The number of nitrogens with one attached hydrogen (secondary N) is 2. The molecule has 0 radical (unpaired) electrons. The highest BCUT2D eigenvalue weighted by atomic mass is 15.1. The van der Waals surface area contributed by atoms with Gasteiger partial charge in [-0.1, -0.05) is 30.8 Å². The number of benzene rings is 1. The van der Waals surface area contributed by atoms with E-state index in [1.54, 1.807) is 6.20 Å². The maximum absolute atomic E-state index is 5.61. The average molecular weight is 337 g/mol. The molecule has 1 saturated heterocycles. The normalized spacial score (nSPS) is 19.3. The zero-order valence-electron chi connectivity index (χ0n) is 15.0. The predicted octanol–water partition coefficient (Wildman–Crippen LogP) is 3.10. The molecular weight excluding hydrogens is 310 g/mol. The fourth-order valence-corrected chi connectivity index (χ4v) is 3.45. The number of rotatable bonds is 5. The number of hydrogen-bond acceptors (Lipinski definition) is 5. The van der Waals surface area contributed by atoms with Crippen molar-refractivity contribution in [2.75, 3.05) is 11.9 Å². The van der Waals surface area contributed by atoms with Crippen LogP contribution < -0.4 is 16.4 Å². The fourth-order valence-electron chi connectivity index (χ4n) is 3.45. The Balaban J connectivity index is 1.74. The second-order valence-electron chi connectivity index (χ2n) is 7.36. The molecule has 0 saturated carbocycles. The first-order valence-electron chi connectivity index (χ1n) is 8.80. The summed E-state index contributed by atoms with van der Waals surface area (Å²) in [7, 11) is 0. The maximum atomic E-state index is 5.61. The Hall–Kier alpha value is -2.40. The standard InChI is InChI=1S/C20H27N5/c1-14-12-17(13-20(2,3)25-14)23-19-22-11-9-18(24-19)16-6-4-15(5-7-16)8-10-21/h4-7,9,11,17,25H,1,8,10,12-13,21H2,2-3H3,(H,22,23,24). The Morgan fingerprint density at radius 1 is 1.28 bits per heavy atom. The summed E-state index contributed by atoms with van der Waals surface area (Å²) >= 11 is 0. The van der Waals surface area contributed by atoms with Gasteiger partial charge in [-0.05, 0) is 44.9 Å². The first-order chi connectivity index (χ1) is 11.9. The van der Waals surface area contributed by atoms with E-state index in [0.717, 1.165) is 36.2 Å². The van der Waals surface area contributed by atoms with Crippen LogP contribution in [0.1, 0.15) is 32.3 Å². The molecule has 5 nitrogen and oxygen atoms in total. The molecule has 4 N–H and O–H groups in total. The van der Waals surface area contributed by atoms with Crippen LogP contribution in [0.15, 0.2) is 48.8 Å². The van der Waals surface area contributed by atoms with Gasteiger partial charge in [-0.25, -0.2) is 9.97 Å². The van der Waals surface area contributed by atoms with Crippen LogP contribution in [0, 0.1) is 0 Å². The summed E-state index contributed by atoms with van der Waals surface area (Å²) in [6.45, 7) is 9.13. The summed E-state index contributed by atoms with van der Waals surface area (Å²) in [4.78, 5) is 9.08. The van der Waals surface area contributed by atoms with Crippen molar-refractivity contribution in [3.63, 3.8) is 0 Å². The molecule has 0 spiro atoms. The van der Waals surface area contributed by atoms with E-state index in [4.69, 9.17) is 5.73 Å². The van der Waals surface area contributed by atoms with Crippen LogP contribution in [-0.4, -0.2) is 28.1 Å². The van der Waals surface area contributed by atoms with Gasteiger partial charge in [0.25, 0.3) is 0 Å². The number of nitrogens with zero attached hydrogens (tertiary/aromatic N) is 2. The lowest BCUT2D eigenvalue weighted by Crippen LogP contribution is -2.48. The lowest BCUT2D eigenvalue weighted by molar-refractivity contribution is 0.324. The molecule has 0 aliphatic carbocycles. The Morgan fingerprint density at radius 2 is 2.04 bits per heavy atom. The molecule has 0 bridgehead atoms. The van der Waals surface area contributed by atoms with Crippen LogP contribution >= 0.6 is 0 Å². The molecule has 5 heteroatoms. The molecule has 1 unspecified atom stereocenters. The van der Waals surface area contributed by atoms with Gasteiger partial charge in [-0.15, -0.1) is 0 Å². The monoisotopic (exact) mass is 337 g/mol. The quantitative estimate of drug-likeness (QED) is 0.781. The molecule has 1 aromatic carbocycles. The van der Waals surface area contributed by atoms with Gasteiger partial charge in [0.15, 0.2) is 0 Å². The van der Waals surface area contributed by atoms with Crippen LogP contribution in [0.4, 0.5) is 5.95 Å². The SMILES string of the molecule is C=C1CC(Nc2nccc(-c3ccc(CCN)cc3)n2)CC(C)(C)N1. The van der Waals surface area contributed by atoms with E-state index in [2.05, 4.69) is 65.3 Å². The summed E-state index contributed by atoms with van der Waals surface area (Å²) in [6, 6.07) is 10.6. The largest absolute Gasteiger partial charge is 0.384 e. The number of aromatic nitrogens is 2. The van der Waals surface area contributed by atoms with E-state index in [-0.39, 0.29) is 11.6 Å². The smallest absolute Gasteiger partial charge is 0.223 e. The minimum Gasteiger partial charge on any atom is -0.384 e. The van der Waals surface area contributed by atoms with Gasteiger partial charge in [0.1, 0.15) is 0 Å². The van der Waals surface area contributed by atoms with Crippen molar-refractivity contribution in [2.45, 2.75) is 44.7 Å². The molecule has 1 aliphatic rings. The van der Waals surface area contributed by atoms with Crippen molar-refractivity contribution < 1.29 is 0 Å². The molecule has 3 rings (SSSR count). The fraction of sp³-hybridized carbons (Fsp3) is 0.400. The first-order valence-corrected chi connectivity index (χ1v) is 8.80. The van der Waals surface area contributed by atoms with E-state index in [9.17, 15) is 0 Å². The molecule has 1 fully saturated rings. The molecule has 25 heavy (non-hydrogen) atoms. The van der Waals surface area contributed by atoms with Crippen LogP contribution in [-0.2, 0) is 6.42 Å². The third-order valence-corrected chi connectivity index (χ3v) is 4.44. The van der Waals surface area contributed by atoms with Gasteiger partial charge in [-0.3, -0.25) is 0 Å². The summed E-state index contributed by atoms with van der Waals surface area (Å²) < 4.78 is 0. The third-order valence-electron chi connectivity index (χ3n) is 4.44. The first kappa shape index (κ1) is 17.4. The highest BCUT2D eigenvalue weighted by Gasteiger charge is 2.29. The van der Waals surface area contributed by atoms with Gasteiger partial charge in [-0.2, -0.15) is 0 Å². The van der Waals surface area contributed by atoms with Crippen LogP contribution in [0.25, 0.3) is 11.3 Å². The molecule has 0 amide bonds. The second kappa shape index (κ2) is 7.23. The number of hydrogen-bond donors (Lipinski definition) is 3. The zero-order chi connectivity index (χ0) is 17.9. The van der Waals surface area contributed by atoms with Crippen LogP contribution in [0.5, 0.6) is 0 Å². The Morgan fingerprint density at radius 3 is 2.72 bits per heavy atom. The van der Waals surface area contributed by atoms with E-state index >= 15 is 0 Å². The molecule has 1 atom stereocenters. The Bertz CT molecular complexity index is 736. The average Bonchev–Trinajstić information content (AvgIpc) is 2.54.